The highest BCUT2D eigenvalue weighted by Crippen LogP contribution is 2.35. The molecule has 18 heteroatoms. The molecule has 6 heterocycles. The van der Waals surface area contributed by atoms with E-state index in [1.165, 1.54) is 30.9 Å². The zero-order valence-corrected chi connectivity index (χ0v) is 27.7. The SMILES string of the molecule is O=C(N=C1C=NC(=C2C(F)=CN(O)C=C2F)C(c2cccnc2)=N1)C1CC1.O=C(Nc1cnc(-c2ccncc2F)c(-c2ncc(F)cc2F)n1)C1CC1. The van der Waals surface area contributed by atoms with Gasteiger partial charge in [0.1, 0.15) is 34.3 Å². The van der Waals surface area contributed by atoms with E-state index in [0.29, 0.717) is 24.0 Å². The molecule has 0 aromatic carbocycles. The van der Waals surface area contributed by atoms with Crippen molar-refractivity contribution in [2.45, 2.75) is 25.7 Å². The van der Waals surface area contributed by atoms with E-state index in [4.69, 9.17) is 0 Å². The van der Waals surface area contributed by atoms with Gasteiger partial charge in [0, 0.05) is 47.6 Å². The van der Waals surface area contributed by atoms with Gasteiger partial charge in [-0.15, -0.1) is 0 Å². The van der Waals surface area contributed by atoms with Crippen LogP contribution in [0.3, 0.4) is 0 Å². The lowest BCUT2D eigenvalue weighted by molar-refractivity contribution is -0.119. The van der Waals surface area contributed by atoms with Crippen molar-refractivity contribution in [2.75, 3.05) is 5.32 Å². The Morgan fingerprint density at radius 2 is 1.56 bits per heavy atom. The highest BCUT2D eigenvalue weighted by Gasteiger charge is 2.32. The molecule has 272 valence electrons. The molecule has 0 saturated heterocycles. The fraction of sp³-hybridized carbons (Fsp3) is 0.167. The Hall–Kier alpha value is -6.69. The number of allylic oxidation sites excluding steroid dienone is 4. The standard InChI is InChI=1S/C18H12F3N5O.C18H13F2N5O2/c19-10-5-12(20)16(23-6-10)17-15(11-3-4-22-7-13(11)21)24-8-14(25-17)26-18(27)9-1-2-9;19-12-8-25(27)9-13(20)15(12)17-16(11-2-1-5-21-6-11)23-14(7-22-17)24-18(26)10-3-4-10/h3-9H,1-2H2,(H,25,26,27);1-2,5-10,27H,3-4H2. The molecule has 54 heavy (non-hydrogen) atoms. The first-order valence-corrected chi connectivity index (χ1v) is 16.3. The van der Waals surface area contributed by atoms with Gasteiger partial charge in [-0.05, 0) is 43.9 Å². The van der Waals surface area contributed by atoms with Gasteiger partial charge in [-0.2, -0.15) is 4.99 Å². The predicted octanol–water partition coefficient (Wildman–Crippen LogP) is 6.24. The number of halogens is 5. The number of aliphatic imine (C=N–C) groups is 3. The second kappa shape index (κ2) is 15.1. The monoisotopic (exact) mass is 740 g/mol. The van der Waals surface area contributed by atoms with Crippen molar-refractivity contribution in [3.8, 4) is 22.6 Å². The molecule has 0 spiro atoms. The first-order valence-electron chi connectivity index (χ1n) is 16.3. The van der Waals surface area contributed by atoms with E-state index >= 15 is 0 Å². The number of pyridine rings is 3. The third kappa shape index (κ3) is 8.02. The maximum absolute atomic E-state index is 14.3. The molecular formula is C36H25F5N10O3. The van der Waals surface area contributed by atoms with Crippen molar-refractivity contribution >= 4 is 35.4 Å². The lowest BCUT2D eigenvalue weighted by Crippen LogP contribution is -2.19. The van der Waals surface area contributed by atoms with Gasteiger partial charge in [-0.1, -0.05) is 0 Å². The molecule has 0 unspecified atom stereocenters. The van der Waals surface area contributed by atoms with E-state index in [9.17, 15) is 36.7 Å². The van der Waals surface area contributed by atoms with Crippen molar-refractivity contribution in [3.63, 3.8) is 0 Å². The molecule has 2 fully saturated rings. The minimum absolute atomic E-state index is 0.00247. The second-order valence-electron chi connectivity index (χ2n) is 12.2. The number of hydrogen-bond donors (Lipinski definition) is 2. The van der Waals surface area contributed by atoms with E-state index in [1.807, 2.05) is 0 Å². The Morgan fingerprint density at radius 3 is 2.22 bits per heavy atom. The summed E-state index contributed by atoms with van der Waals surface area (Å²) in [6.45, 7) is 0. The highest BCUT2D eigenvalue weighted by molar-refractivity contribution is 6.39. The lowest BCUT2D eigenvalue weighted by atomic mass is 10.0. The summed E-state index contributed by atoms with van der Waals surface area (Å²) in [4.78, 5) is 55.9. The van der Waals surface area contributed by atoms with Gasteiger partial charge in [-0.25, -0.2) is 52.0 Å². The number of hydrogen-bond acceptors (Lipinski definition) is 10. The van der Waals surface area contributed by atoms with Crippen LogP contribution in [0.15, 0.2) is 112 Å². The Balaban J connectivity index is 0.000000167. The van der Waals surface area contributed by atoms with Gasteiger partial charge in [0.05, 0.1) is 42.8 Å². The summed E-state index contributed by atoms with van der Waals surface area (Å²) in [7, 11) is 0. The average molecular weight is 741 g/mol. The number of hydroxylamine groups is 2. The summed E-state index contributed by atoms with van der Waals surface area (Å²) < 4.78 is 70.4. The number of carbonyl (C=O) groups is 2. The summed E-state index contributed by atoms with van der Waals surface area (Å²) in [5, 5.41) is 12.2. The molecule has 0 bridgehead atoms. The average Bonchev–Trinajstić information content (AvgIpc) is 4.07. The van der Waals surface area contributed by atoms with E-state index in [2.05, 4.69) is 45.2 Å². The first-order chi connectivity index (χ1) is 26.0. The van der Waals surface area contributed by atoms with Crippen LogP contribution >= 0.6 is 0 Å². The number of amides is 2. The summed E-state index contributed by atoms with van der Waals surface area (Å²) in [5.74, 6) is -5.10. The number of nitrogens with one attached hydrogen (secondary N) is 1. The normalized spacial score (nSPS) is 17.3. The lowest BCUT2D eigenvalue weighted by Gasteiger charge is -2.19. The molecule has 2 N–H and O–H groups in total. The van der Waals surface area contributed by atoms with Crippen LogP contribution in [0.1, 0.15) is 31.2 Å². The second-order valence-corrected chi connectivity index (χ2v) is 12.2. The summed E-state index contributed by atoms with van der Waals surface area (Å²) in [5.41, 5.74) is -0.362. The molecule has 2 aliphatic heterocycles. The van der Waals surface area contributed by atoms with Crippen molar-refractivity contribution in [3.05, 3.63) is 120 Å². The van der Waals surface area contributed by atoms with Crippen LogP contribution in [0.25, 0.3) is 22.6 Å². The maximum atomic E-state index is 14.3. The highest BCUT2D eigenvalue weighted by atomic mass is 19.2. The quantitative estimate of drug-likeness (QED) is 0.217. The molecule has 4 aliphatic rings. The van der Waals surface area contributed by atoms with E-state index in [-0.39, 0.29) is 74.4 Å². The smallest absolute Gasteiger partial charge is 0.250 e. The van der Waals surface area contributed by atoms with Crippen LogP contribution in [0.5, 0.6) is 0 Å². The van der Waals surface area contributed by atoms with Gasteiger partial charge in [0.25, 0.3) is 5.91 Å². The Bertz CT molecular complexity index is 2330. The topological polar surface area (TPSA) is 171 Å². The van der Waals surface area contributed by atoms with E-state index < -0.39 is 34.7 Å². The third-order valence-electron chi connectivity index (χ3n) is 8.08. The zero-order valence-electron chi connectivity index (χ0n) is 27.7. The Kier molecular flexibility index (Phi) is 9.99. The fourth-order valence-corrected chi connectivity index (χ4v) is 5.14. The van der Waals surface area contributed by atoms with Crippen molar-refractivity contribution < 1.29 is 36.7 Å². The van der Waals surface area contributed by atoms with Crippen molar-refractivity contribution in [1.82, 2.24) is 30.0 Å². The van der Waals surface area contributed by atoms with Crippen LogP contribution in [-0.2, 0) is 9.59 Å². The number of carbonyl (C=O) groups excluding carboxylic acids is 2. The van der Waals surface area contributed by atoms with Crippen LogP contribution in [-0.4, -0.2) is 64.8 Å². The summed E-state index contributed by atoms with van der Waals surface area (Å²) in [6.07, 6.45) is 13.2. The number of anilines is 1. The van der Waals surface area contributed by atoms with Gasteiger partial charge in [0.2, 0.25) is 5.91 Å². The fourth-order valence-electron chi connectivity index (χ4n) is 5.14. The molecule has 4 aromatic rings. The molecule has 0 atom stereocenters. The summed E-state index contributed by atoms with van der Waals surface area (Å²) >= 11 is 0. The minimum Gasteiger partial charge on any atom is -0.309 e. The number of nitrogens with zero attached hydrogens (tertiary/aromatic N) is 9. The number of amidine groups is 1. The van der Waals surface area contributed by atoms with Gasteiger partial charge in [-0.3, -0.25) is 24.8 Å². The number of aromatic nitrogens is 5. The Morgan fingerprint density at radius 1 is 0.833 bits per heavy atom. The maximum Gasteiger partial charge on any atom is 0.250 e. The van der Waals surface area contributed by atoms with Crippen LogP contribution < -0.4 is 5.32 Å². The molecule has 4 aromatic heterocycles. The van der Waals surface area contributed by atoms with Gasteiger partial charge >= 0.3 is 0 Å². The largest absolute Gasteiger partial charge is 0.309 e. The van der Waals surface area contributed by atoms with Crippen LogP contribution in [0, 0.1) is 29.3 Å². The number of rotatable bonds is 6. The Labute approximate surface area is 302 Å². The predicted molar refractivity (Wildman–Crippen MR) is 183 cm³/mol. The molecule has 13 nitrogen and oxygen atoms in total. The minimum atomic E-state index is -1.02. The molecular weight excluding hydrogens is 715 g/mol. The van der Waals surface area contributed by atoms with E-state index in [1.54, 1.807) is 18.3 Å². The molecule has 2 saturated carbocycles. The first kappa shape index (κ1) is 35.7. The molecule has 2 aliphatic carbocycles. The van der Waals surface area contributed by atoms with Crippen molar-refractivity contribution in [2.24, 2.45) is 26.8 Å². The van der Waals surface area contributed by atoms with Crippen LogP contribution in [0.4, 0.5) is 27.8 Å². The van der Waals surface area contributed by atoms with E-state index in [0.717, 1.165) is 38.1 Å². The third-order valence-corrected chi connectivity index (χ3v) is 8.08. The summed E-state index contributed by atoms with van der Waals surface area (Å²) in [6, 6.07) is 5.29. The van der Waals surface area contributed by atoms with Gasteiger partial charge in [0.15, 0.2) is 34.9 Å². The molecule has 8 rings (SSSR count). The van der Waals surface area contributed by atoms with Crippen LogP contribution in [0.2, 0.25) is 0 Å². The zero-order chi connectivity index (χ0) is 37.9. The molecule has 2 amide bonds. The molecule has 0 radical (unpaired) electrons. The van der Waals surface area contributed by atoms with Gasteiger partial charge < -0.3 is 5.32 Å². The van der Waals surface area contributed by atoms with Crippen molar-refractivity contribution in [1.29, 1.82) is 0 Å².